The number of aromatic nitrogens is 1. The molecule has 1 amide bonds. The average Bonchev–Trinajstić information content (AvgIpc) is 3.21. The molecular weight excluding hydrogens is 546 g/mol. The lowest BCUT2D eigenvalue weighted by Gasteiger charge is -2.29. The molecule has 1 aliphatic rings. The molecule has 1 aliphatic carbocycles. The Kier molecular flexibility index (Phi) is 11.0. The molecule has 0 bridgehead atoms. The molecule has 2 aromatic rings. The number of hydrogen-bond acceptors (Lipinski definition) is 8. The largest absolute Gasteiger partial charge is 0.462 e. The Labute approximate surface area is 234 Å². The first-order valence-corrected chi connectivity index (χ1v) is 14.3. The van der Waals surface area contributed by atoms with Gasteiger partial charge in [-0.1, -0.05) is 24.6 Å². The Hall–Kier alpha value is -3.00. The maximum Gasteiger partial charge on any atom is 0.293 e. The summed E-state index contributed by atoms with van der Waals surface area (Å²) in [5.41, 5.74) is 9.42. The van der Waals surface area contributed by atoms with Crippen molar-refractivity contribution in [3.05, 3.63) is 29.4 Å². The fraction of sp³-hybridized carbons (Fsp3) is 0.520. The molecule has 39 heavy (non-hydrogen) atoms. The molecule has 3 rings (SSSR count). The van der Waals surface area contributed by atoms with Gasteiger partial charge < -0.3 is 26.8 Å². The monoisotopic (exact) mass is 583 g/mol. The second kappa shape index (κ2) is 13.4. The molecule has 1 aromatic heterocycles. The molecule has 1 aromatic carbocycles. The summed E-state index contributed by atoms with van der Waals surface area (Å²) in [5, 5.41) is 7.03. The molecule has 0 saturated heterocycles. The lowest BCUT2D eigenvalue weighted by Crippen LogP contribution is -2.57. The normalized spacial score (nSPS) is 19.1. The number of hydrogen-bond donors (Lipinski definition) is 5. The molecule has 1 heterocycles. The molecule has 2 unspecified atom stereocenters. The second-order valence-corrected chi connectivity index (χ2v) is 12.5. The first kappa shape index (κ1) is 32.2. The zero-order valence-corrected chi connectivity index (χ0v) is 24.4. The second-order valence-electron chi connectivity index (χ2n) is 10.4. The van der Waals surface area contributed by atoms with Crippen LogP contribution in [-0.2, 0) is 24.3 Å². The molecule has 2 atom stereocenters. The van der Waals surface area contributed by atoms with Gasteiger partial charge in [0.1, 0.15) is 11.1 Å². The lowest BCUT2D eigenvalue weighted by atomic mass is 9.96. The highest BCUT2D eigenvalue weighted by molar-refractivity contribution is 7.89. The zero-order valence-electron chi connectivity index (χ0n) is 22.9. The number of carbonyl (C=O) groups excluding carboxylic acids is 2. The van der Waals surface area contributed by atoms with E-state index in [0.29, 0.717) is 48.2 Å². The molecule has 7 N–H and O–H groups in total. The van der Waals surface area contributed by atoms with Crippen LogP contribution in [0.25, 0.3) is 10.8 Å². The van der Waals surface area contributed by atoms with Gasteiger partial charge in [-0.2, -0.15) is 9.71 Å². The third kappa shape index (κ3) is 9.02. The van der Waals surface area contributed by atoms with Crippen LogP contribution in [-0.4, -0.2) is 63.0 Å². The Balaban J connectivity index is 0.000000673. The van der Waals surface area contributed by atoms with Crippen LogP contribution in [0.3, 0.4) is 0 Å². The van der Waals surface area contributed by atoms with E-state index >= 15 is 0 Å². The number of nitrogens with zero attached hydrogens (tertiary/aromatic N) is 2. The third-order valence-corrected chi connectivity index (χ3v) is 7.76. The van der Waals surface area contributed by atoms with Gasteiger partial charge in [0.2, 0.25) is 15.9 Å². The van der Waals surface area contributed by atoms with Crippen LogP contribution in [0, 0.1) is 5.92 Å². The van der Waals surface area contributed by atoms with Crippen LogP contribution in [0.15, 0.2) is 34.3 Å². The number of likely N-dealkylation sites (N-methyl/N-ethyl adjacent to an activating group) is 1. The van der Waals surface area contributed by atoms with E-state index in [9.17, 15) is 18.0 Å². The quantitative estimate of drug-likeness (QED) is 0.127. The number of halogens is 1. The number of rotatable bonds is 9. The van der Waals surface area contributed by atoms with Crippen molar-refractivity contribution in [2.45, 2.75) is 63.0 Å². The highest BCUT2D eigenvalue weighted by atomic mass is 35.5. The Bertz CT molecular complexity index is 1310. The number of guanidine groups is 1. The Morgan fingerprint density at radius 1 is 1.28 bits per heavy atom. The van der Waals surface area contributed by atoms with Crippen molar-refractivity contribution in [3.63, 3.8) is 0 Å². The maximum absolute atomic E-state index is 13.4. The highest BCUT2D eigenvalue weighted by Gasteiger charge is 2.46. The number of aliphatic imine (C=N–C) groups is 1. The fourth-order valence-electron chi connectivity index (χ4n) is 4.12. The van der Waals surface area contributed by atoms with E-state index in [2.05, 4.69) is 30.1 Å². The van der Waals surface area contributed by atoms with Crippen molar-refractivity contribution in [2.24, 2.45) is 22.4 Å². The molecule has 14 heteroatoms. The molecule has 1 saturated carbocycles. The van der Waals surface area contributed by atoms with Crippen LogP contribution < -0.4 is 26.8 Å². The first-order valence-electron chi connectivity index (χ1n) is 12.4. The summed E-state index contributed by atoms with van der Waals surface area (Å²) < 4.78 is 33.9. The van der Waals surface area contributed by atoms with Crippen molar-refractivity contribution in [1.82, 2.24) is 20.3 Å². The minimum absolute atomic E-state index is 0.0388. The van der Waals surface area contributed by atoms with Crippen molar-refractivity contribution in [1.29, 1.82) is 0 Å². The van der Waals surface area contributed by atoms with Gasteiger partial charge in [-0.3, -0.25) is 9.59 Å². The van der Waals surface area contributed by atoms with E-state index in [4.69, 9.17) is 23.1 Å². The first-order chi connectivity index (χ1) is 18.1. The van der Waals surface area contributed by atoms with Crippen molar-refractivity contribution < 1.29 is 22.7 Å². The summed E-state index contributed by atoms with van der Waals surface area (Å²) in [6, 6.07) is 4.40. The van der Waals surface area contributed by atoms with Gasteiger partial charge >= 0.3 is 0 Å². The average molecular weight is 584 g/mol. The van der Waals surface area contributed by atoms with Crippen molar-refractivity contribution in [2.75, 3.05) is 20.1 Å². The minimum atomic E-state index is -4.06. The number of ether oxygens (including phenoxy) is 1. The van der Waals surface area contributed by atoms with Crippen molar-refractivity contribution in [3.8, 4) is 0 Å². The predicted octanol–water partition coefficient (Wildman–Crippen LogP) is 1.92. The predicted molar refractivity (Wildman–Crippen MR) is 152 cm³/mol. The molecule has 0 aliphatic heterocycles. The van der Waals surface area contributed by atoms with Crippen LogP contribution in [0.2, 0.25) is 5.02 Å². The third-order valence-electron chi connectivity index (χ3n) is 5.92. The van der Waals surface area contributed by atoms with Gasteiger partial charge in [-0.25, -0.2) is 13.4 Å². The van der Waals surface area contributed by atoms with E-state index in [-0.39, 0.29) is 34.1 Å². The lowest BCUT2D eigenvalue weighted by molar-refractivity contribution is -0.138. The van der Waals surface area contributed by atoms with Gasteiger partial charge in [-0.05, 0) is 65.1 Å². The maximum atomic E-state index is 13.4. The van der Waals surface area contributed by atoms with Gasteiger partial charge in [0.15, 0.2) is 11.8 Å². The number of pyridine rings is 1. The molecule has 0 radical (unpaired) electrons. The summed E-state index contributed by atoms with van der Waals surface area (Å²) in [6.45, 7) is 8.90. The van der Waals surface area contributed by atoms with Gasteiger partial charge in [-0.15, -0.1) is 0 Å². The van der Waals surface area contributed by atoms with Crippen LogP contribution in [0.1, 0.15) is 47.0 Å². The molecule has 12 nitrogen and oxygen atoms in total. The van der Waals surface area contributed by atoms with Crippen LogP contribution in [0.5, 0.6) is 0 Å². The number of benzene rings is 1. The molecule has 216 valence electrons. The van der Waals surface area contributed by atoms with Crippen molar-refractivity contribution >= 4 is 56.6 Å². The van der Waals surface area contributed by atoms with E-state index < -0.39 is 15.6 Å². The zero-order chi connectivity index (χ0) is 29.4. The molecule has 1 fully saturated rings. The topological polar surface area (TPSA) is 191 Å². The summed E-state index contributed by atoms with van der Waals surface area (Å²) in [4.78, 5) is 30.6. The van der Waals surface area contributed by atoms with Crippen LogP contribution in [0.4, 0.5) is 5.82 Å². The van der Waals surface area contributed by atoms with Gasteiger partial charge in [0, 0.05) is 30.1 Å². The van der Waals surface area contributed by atoms with E-state index in [1.165, 1.54) is 18.3 Å². The standard InChI is InChI=1S/C20H28ClN7O3S.C5H10O2/c1-12-5-6-20(10-12,18(29)25-8-7-24-2)28-32(30,31)13-3-4-14-15(9-13)17(27-19(22)23)26-11-16(14)21;1-5(2,3)7-4-6/h3-4,9,11-12,24,28H,5-8,10H2,1-2H3,(H,25,29)(H4,22,23,26,27);4H,1-3H3. The van der Waals surface area contributed by atoms with E-state index in [1.807, 2.05) is 27.7 Å². The summed E-state index contributed by atoms with van der Waals surface area (Å²) in [7, 11) is -2.28. The number of carbonyl (C=O) groups is 2. The van der Waals surface area contributed by atoms with Gasteiger partial charge in [0.05, 0.1) is 9.92 Å². The number of amides is 1. The van der Waals surface area contributed by atoms with Gasteiger partial charge in [0.25, 0.3) is 6.47 Å². The summed E-state index contributed by atoms with van der Waals surface area (Å²) >= 11 is 6.21. The minimum Gasteiger partial charge on any atom is -0.462 e. The number of fused-ring (bicyclic) bond motifs is 1. The number of nitrogens with one attached hydrogen (secondary N) is 3. The van der Waals surface area contributed by atoms with E-state index in [1.54, 1.807) is 13.1 Å². The fourth-order valence-corrected chi connectivity index (χ4v) is 5.76. The smallest absolute Gasteiger partial charge is 0.293 e. The SMILES string of the molecule is CC(C)(C)OC=O.CNCCNC(=O)C1(NS(=O)(=O)c2ccc3c(Cl)cnc(N=C(N)N)c3c2)CCC(C)C1. The van der Waals surface area contributed by atoms with Crippen LogP contribution >= 0.6 is 11.6 Å². The summed E-state index contributed by atoms with van der Waals surface area (Å²) in [6.07, 6.45) is 2.97. The number of sulfonamides is 1. The Morgan fingerprint density at radius 3 is 2.49 bits per heavy atom. The summed E-state index contributed by atoms with van der Waals surface area (Å²) in [5.74, 6) is -0.187. The Morgan fingerprint density at radius 2 is 1.97 bits per heavy atom. The molecular formula is C25H38ClN7O5S. The number of nitrogens with two attached hydrogens (primary N) is 2. The van der Waals surface area contributed by atoms with E-state index in [0.717, 1.165) is 6.42 Å². The molecule has 0 spiro atoms. The highest BCUT2D eigenvalue weighted by Crippen LogP contribution is 2.37.